The molecule has 0 saturated carbocycles. The molecule has 5 nitrogen and oxygen atoms in total. The molecule has 0 spiro atoms. The molecule has 9 heavy (non-hydrogen) atoms. The van der Waals surface area contributed by atoms with Crippen molar-refractivity contribution in [3.05, 3.63) is 0 Å². The summed E-state index contributed by atoms with van der Waals surface area (Å²) in [6.07, 6.45) is 0. The van der Waals surface area contributed by atoms with Crippen LogP contribution in [0.5, 0.6) is 0 Å². The minimum atomic E-state index is -1.14. The van der Waals surface area contributed by atoms with Crippen molar-refractivity contribution in [3.8, 4) is 0 Å². The summed E-state index contributed by atoms with van der Waals surface area (Å²) in [6, 6.07) is -1.03. The number of hydroxylamine groups is 1. The number of carboxylic acid groups (broad SMARTS) is 1. The third kappa shape index (κ3) is 3.02. The van der Waals surface area contributed by atoms with E-state index < -0.39 is 12.0 Å². The molecule has 0 amide bonds. The van der Waals surface area contributed by atoms with E-state index in [4.69, 9.17) is 10.3 Å². The lowest BCUT2D eigenvalue weighted by molar-refractivity contribution is -0.144. The van der Waals surface area contributed by atoms with Gasteiger partial charge in [0.2, 0.25) is 0 Å². The minimum Gasteiger partial charge on any atom is -0.480 e. The van der Waals surface area contributed by atoms with Crippen LogP contribution in [0.3, 0.4) is 0 Å². The molecule has 0 radical (unpaired) electrons. The number of aliphatic carboxylic acids is 1. The molecule has 5 heteroatoms. The van der Waals surface area contributed by atoms with Crippen LogP contribution in [-0.4, -0.2) is 36.0 Å². The molecule has 0 aromatic rings. The molecule has 0 aliphatic heterocycles. The number of hydrogen-bond acceptors (Lipinski definition) is 4. The average molecular weight is 135 g/mol. The van der Waals surface area contributed by atoms with Crippen LogP contribution in [0.2, 0.25) is 0 Å². The Balaban J connectivity index is 3.54. The van der Waals surface area contributed by atoms with Crippen molar-refractivity contribution in [2.75, 3.05) is 13.7 Å². The lowest BCUT2D eigenvalue weighted by atomic mass is 10.3. The van der Waals surface area contributed by atoms with Crippen LogP contribution >= 0.6 is 0 Å². The topological polar surface area (TPSA) is 78.8 Å². The first-order valence-corrected chi connectivity index (χ1v) is 2.33. The lowest BCUT2D eigenvalue weighted by Gasteiger charge is -2.06. The molecule has 0 aliphatic carbocycles. The van der Waals surface area contributed by atoms with Crippen LogP contribution in [0.25, 0.3) is 0 Å². The molecular weight excluding hydrogens is 126 g/mol. The second-order valence-corrected chi connectivity index (χ2v) is 1.48. The van der Waals surface area contributed by atoms with Gasteiger partial charge in [-0.1, -0.05) is 0 Å². The fourth-order valence-corrected chi connectivity index (χ4v) is 0.330. The minimum absolute atomic E-state index is 0.0498. The molecule has 54 valence electrons. The van der Waals surface area contributed by atoms with Crippen molar-refractivity contribution in [2.45, 2.75) is 6.04 Å². The number of hydrogen-bond donors (Lipinski definition) is 3. The summed E-state index contributed by atoms with van der Waals surface area (Å²) in [4.78, 5) is 10.0. The highest BCUT2D eigenvalue weighted by molar-refractivity contribution is 5.73. The number of carboxylic acids is 1. The van der Waals surface area contributed by atoms with Gasteiger partial charge in [-0.3, -0.25) is 4.79 Å². The van der Waals surface area contributed by atoms with Gasteiger partial charge in [0.25, 0.3) is 0 Å². The van der Waals surface area contributed by atoms with Crippen molar-refractivity contribution in [1.82, 2.24) is 5.48 Å². The van der Waals surface area contributed by atoms with Gasteiger partial charge in [0.1, 0.15) is 0 Å². The normalized spacial score (nSPS) is 13.1. The van der Waals surface area contributed by atoms with E-state index in [1.165, 1.54) is 7.11 Å². The van der Waals surface area contributed by atoms with Crippen molar-refractivity contribution >= 4 is 5.97 Å². The van der Waals surface area contributed by atoms with E-state index >= 15 is 0 Å². The molecule has 3 N–H and O–H groups in total. The van der Waals surface area contributed by atoms with Crippen molar-refractivity contribution < 1.29 is 19.8 Å². The van der Waals surface area contributed by atoms with Crippen LogP contribution in [0.4, 0.5) is 0 Å². The molecule has 0 saturated heterocycles. The Labute approximate surface area is 52.2 Å². The van der Waals surface area contributed by atoms with Gasteiger partial charge in [0.15, 0.2) is 6.04 Å². The van der Waals surface area contributed by atoms with Gasteiger partial charge < -0.3 is 15.1 Å². The zero-order valence-corrected chi connectivity index (χ0v) is 5.00. The molecule has 0 aliphatic rings. The molecule has 0 rings (SSSR count). The van der Waals surface area contributed by atoms with Gasteiger partial charge in [-0.2, -0.15) is 5.48 Å². The van der Waals surface area contributed by atoms with Crippen LogP contribution < -0.4 is 5.48 Å². The summed E-state index contributed by atoms with van der Waals surface area (Å²) in [5, 5.41) is 16.3. The highest BCUT2D eigenvalue weighted by Gasteiger charge is 2.14. The Morgan fingerprint density at radius 2 is 2.44 bits per heavy atom. The number of ether oxygens (including phenoxy) is 1. The molecule has 0 fully saturated rings. The quantitative estimate of drug-likeness (QED) is 0.434. The average Bonchev–Trinajstić information content (AvgIpc) is 1.82. The monoisotopic (exact) mass is 135 g/mol. The maximum absolute atomic E-state index is 10.0. The lowest BCUT2D eigenvalue weighted by Crippen LogP contribution is -2.38. The van der Waals surface area contributed by atoms with Crippen molar-refractivity contribution in [1.29, 1.82) is 0 Å². The Morgan fingerprint density at radius 1 is 1.89 bits per heavy atom. The Bertz CT molecular complexity index is 94.6. The summed E-state index contributed by atoms with van der Waals surface area (Å²) in [5.74, 6) is -1.14. The first-order valence-electron chi connectivity index (χ1n) is 2.33. The van der Waals surface area contributed by atoms with Gasteiger partial charge in [0.05, 0.1) is 6.61 Å². The zero-order valence-electron chi connectivity index (χ0n) is 5.00. The predicted molar refractivity (Wildman–Crippen MR) is 28.2 cm³/mol. The zero-order chi connectivity index (χ0) is 7.28. The van der Waals surface area contributed by atoms with E-state index in [-0.39, 0.29) is 6.61 Å². The fourth-order valence-electron chi connectivity index (χ4n) is 0.330. The summed E-state index contributed by atoms with van der Waals surface area (Å²) < 4.78 is 4.45. The Hall–Kier alpha value is -0.650. The summed E-state index contributed by atoms with van der Waals surface area (Å²) in [7, 11) is 1.35. The summed E-state index contributed by atoms with van der Waals surface area (Å²) >= 11 is 0. The van der Waals surface area contributed by atoms with E-state index in [0.717, 1.165) is 0 Å². The van der Waals surface area contributed by atoms with Gasteiger partial charge >= 0.3 is 5.97 Å². The smallest absolute Gasteiger partial charge is 0.325 e. The summed E-state index contributed by atoms with van der Waals surface area (Å²) in [6.45, 7) is -0.0498. The predicted octanol–water partition coefficient (Wildman–Crippen LogP) is -0.935. The van der Waals surface area contributed by atoms with E-state index in [0.29, 0.717) is 0 Å². The van der Waals surface area contributed by atoms with Crippen LogP contribution in [0, 0.1) is 0 Å². The third-order valence-electron chi connectivity index (χ3n) is 0.787. The molecule has 0 heterocycles. The molecule has 0 aromatic carbocycles. The van der Waals surface area contributed by atoms with Crippen molar-refractivity contribution in [2.24, 2.45) is 0 Å². The molecule has 1 unspecified atom stereocenters. The maximum Gasteiger partial charge on any atom is 0.325 e. The molecule has 0 bridgehead atoms. The van der Waals surface area contributed by atoms with Gasteiger partial charge in [0, 0.05) is 7.11 Å². The molecular formula is C4H9NO4. The Morgan fingerprint density at radius 3 is 2.56 bits per heavy atom. The van der Waals surface area contributed by atoms with E-state index in [1.807, 2.05) is 0 Å². The SMILES string of the molecule is COCC(NO)C(=O)O. The number of rotatable bonds is 4. The molecule has 0 aromatic heterocycles. The number of carbonyl (C=O) groups is 1. The second-order valence-electron chi connectivity index (χ2n) is 1.48. The van der Waals surface area contributed by atoms with Gasteiger partial charge in [-0.25, -0.2) is 0 Å². The van der Waals surface area contributed by atoms with Crippen molar-refractivity contribution in [3.63, 3.8) is 0 Å². The Kier molecular flexibility index (Phi) is 3.94. The number of nitrogens with one attached hydrogen (secondary N) is 1. The highest BCUT2D eigenvalue weighted by atomic mass is 16.5. The van der Waals surface area contributed by atoms with Crippen LogP contribution in [0.15, 0.2) is 0 Å². The second kappa shape index (κ2) is 4.25. The first kappa shape index (κ1) is 8.35. The van der Waals surface area contributed by atoms with E-state index in [9.17, 15) is 4.79 Å². The number of methoxy groups -OCH3 is 1. The van der Waals surface area contributed by atoms with E-state index in [1.54, 1.807) is 5.48 Å². The van der Waals surface area contributed by atoms with Crippen LogP contribution in [0.1, 0.15) is 0 Å². The van der Waals surface area contributed by atoms with Gasteiger partial charge in [-0.15, -0.1) is 0 Å². The summed E-state index contributed by atoms with van der Waals surface area (Å²) in [5.41, 5.74) is 1.58. The fraction of sp³-hybridized carbons (Fsp3) is 0.750. The van der Waals surface area contributed by atoms with E-state index in [2.05, 4.69) is 4.74 Å². The van der Waals surface area contributed by atoms with Crippen LogP contribution in [-0.2, 0) is 9.53 Å². The van der Waals surface area contributed by atoms with Gasteiger partial charge in [-0.05, 0) is 0 Å². The highest BCUT2D eigenvalue weighted by Crippen LogP contribution is 1.81. The molecule has 1 atom stereocenters. The standard InChI is InChI=1S/C4H9NO4/c1-9-2-3(5-8)4(6)7/h3,5,8H,2H2,1H3,(H,6,7). The largest absolute Gasteiger partial charge is 0.480 e. The maximum atomic E-state index is 10.0. The third-order valence-corrected chi connectivity index (χ3v) is 0.787. The first-order chi connectivity index (χ1) is 4.22.